The Kier molecular flexibility index (Phi) is 4.55. The lowest BCUT2D eigenvalue weighted by molar-refractivity contribution is 0.405. The van der Waals surface area contributed by atoms with Crippen molar-refractivity contribution in [3.05, 3.63) is 58.2 Å². The first kappa shape index (κ1) is 13.3. The van der Waals surface area contributed by atoms with Crippen LogP contribution in [0.4, 0.5) is 4.39 Å². The quantitative estimate of drug-likeness (QED) is 0.900. The molecule has 2 rings (SSSR count). The van der Waals surface area contributed by atoms with E-state index in [1.54, 1.807) is 12.1 Å². The standard InChI is InChI=1S/C14H15BrFNO/c1-2-17-12(13-7-8-14(15)18-13)9-10-3-5-11(16)6-4-10/h3-8,12,17H,2,9H2,1H3. The predicted molar refractivity (Wildman–Crippen MR) is 72.9 cm³/mol. The third kappa shape index (κ3) is 3.43. The van der Waals surface area contributed by atoms with Crippen molar-refractivity contribution in [3.63, 3.8) is 0 Å². The summed E-state index contributed by atoms with van der Waals surface area (Å²) < 4.78 is 19.2. The van der Waals surface area contributed by atoms with Gasteiger partial charge in [0.2, 0.25) is 0 Å². The first-order valence-electron chi connectivity index (χ1n) is 5.92. The second-order valence-electron chi connectivity index (χ2n) is 4.08. The van der Waals surface area contributed by atoms with E-state index in [1.807, 2.05) is 12.1 Å². The molecule has 1 aromatic carbocycles. The zero-order valence-electron chi connectivity index (χ0n) is 10.1. The van der Waals surface area contributed by atoms with Gasteiger partial charge in [0.1, 0.15) is 11.6 Å². The third-order valence-corrected chi connectivity index (χ3v) is 3.17. The molecular formula is C14H15BrFNO. The molecule has 0 spiro atoms. The second-order valence-corrected chi connectivity index (χ2v) is 4.86. The van der Waals surface area contributed by atoms with Gasteiger partial charge in [-0.3, -0.25) is 0 Å². The number of halogens is 2. The molecule has 0 radical (unpaired) electrons. The van der Waals surface area contributed by atoms with Crippen molar-refractivity contribution < 1.29 is 8.81 Å². The molecule has 1 unspecified atom stereocenters. The zero-order chi connectivity index (χ0) is 13.0. The molecule has 0 saturated carbocycles. The molecule has 0 fully saturated rings. The molecule has 96 valence electrons. The molecule has 0 amide bonds. The Morgan fingerprint density at radius 2 is 1.94 bits per heavy atom. The van der Waals surface area contributed by atoms with Crippen LogP contribution in [0.15, 0.2) is 45.5 Å². The van der Waals surface area contributed by atoms with E-state index in [9.17, 15) is 4.39 Å². The van der Waals surface area contributed by atoms with Gasteiger partial charge in [0.15, 0.2) is 4.67 Å². The van der Waals surface area contributed by atoms with Gasteiger partial charge in [0.05, 0.1) is 6.04 Å². The molecule has 0 saturated heterocycles. The SMILES string of the molecule is CCNC(Cc1ccc(F)cc1)c1ccc(Br)o1. The molecule has 18 heavy (non-hydrogen) atoms. The van der Waals surface area contributed by atoms with Crippen molar-refractivity contribution in [1.82, 2.24) is 5.32 Å². The molecule has 1 heterocycles. The highest BCUT2D eigenvalue weighted by Crippen LogP contribution is 2.23. The number of nitrogens with one attached hydrogen (secondary N) is 1. The largest absolute Gasteiger partial charge is 0.453 e. The zero-order valence-corrected chi connectivity index (χ0v) is 11.7. The minimum absolute atomic E-state index is 0.103. The molecule has 2 aromatic rings. The normalized spacial score (nSPS) is 12.6. The van der Waals surface area contributed by atoms with Crippen LogP contribution in [-0.2, 0) is 6.42 Å². The minimum atomic E-state index is -0.209. The smallest absolute Gasteiger partial charge is 0.169 e. The van der Waals surface area contributed by atoms with E-state index in [0.29, 0.717) is 0 Å². The molecule has 4 heteroatoms. The van der Waals surface area contributed by atoms with Gasteiger partial charge < -0.3 is 9.73 Å². The van der Waals surface area contributed by atoms with Crippen LogP contribution in [0, 0.1) is 5.82 Å². The Morgan fingerprint density at radius 1 is 1.22 bits per heavy atom. The second kappa shape index (κ2) is 6.16. The Labute approximate surface area is 114 Å². The summed E-state index contributed by atoms with van der Waals surface area (Å²) in [6, 6.07) is 10.5. The molecule has 0 aliphatic carbocycles. The lowest BCUT2D eigenvalue weighted by Gasteiger charge is -2.15. The van der Waals surface area contributed by atoms with Crippen molar-refractivity contribution in [1.29, 1.82) is 0 Å². The number of benzene rings is 1. The lowest BCUT2D eigenvalue weighted by atomic mass is 10.0. The van der Waals surface area contributed by atoms with E-state index in [1.165, 1.54) is 12.1 Å². The maximum atomic E-state index is 12.9. The molecule has 0 aliphatic rings. The fourth-order valence-corrected chi connectivity index (χ4v) is 2.21. The van der Waals surface area contributed by atoms with E-state index >= 15 is 0 Å². The Balaban J connectivity index is 2.13. The highest BCUT2D eigenvalue weighted by Gasteiger charge is 2.14. The van der Waals surface area contributed by atoms with Crippen LogP contribution in [0.3, 0.4) is 0 Å². The summed E-state index contributed by atoms with van der Waals surface area (Å²) in [5.41, 5.74) is 1.08. The molecule has 2 nitrogen and oxygen atoms in total. The van der Waals surface area contributed by atoms with Gasteiger partial charge in [0.25, 0.3) is 0 Å². The van der Waals surface area contributed by atoms with E-state index < -0.39 is 0 Å². The molecule has 0 aliphatic heterocycles. The maximum Gasteiger partial charge on any atom is 0.169 e. The summed E-state index contributed by atoms with van der Waals surface area (Å²) in [6.45, 7) is 2.90. The highest BCUT2D eigenvalue weighted by molar-refractivity contribution is 9.10. The van der Waals surface area contributed by atoms with Crippen LogP contribution in [0.5, 0.6) is 0 Å². The van der Waals surface area contributed by atoms with E-state index in [0.717, 1.165) is 29.0 Å². The van der Waals surface area contributed by atoms with Crippen LogP contribution in [0.1, 0.15) is 24.3 Å². The summed E-state index contributed by atoms with van der Waals surface area (Å²) in [6.07, 6.45) is 0.772. The van der Waals surface area contributed by atoms with E-state index in [4.69, 9.17) is 4.42 Å². The summed E-state index contributed by atoms with van der Waals surface area (Å²) in [5.74, 6) is 0.674. The molecule has 1 N–H and O–H groups in total. The summed E-state index contributed by atoms with van der Waals surface area (Å²) in [7, 11) is 0. The van der Waals surface area contributed by atoms with E-state index in [2.05, 4.69) is 28.2 Å². The van der Waals surface area contributed by atoms with Crippen LogP contribution in [-0.4, -0.2) is 6.54 Å². The number of rotatable bonds is 5. The number of hydrogen-bond donors (Lipinski definition) is 1. The van der Waals surface area contributed by atoms with Crippen LogP contribution < -0.4 is 5.32 Å². The monoisotopic (exact) mass is 311 g/mol. The van der Waals surface area contributed by atoms with Crippen molar-refractivity contribution in [2.75, 3.05) is 6.54 Å². The Hall–Kier alpha value is -1.13. The number of likely N-dealkylation sites (N-methyl/N-ethyl adjacent to an activating group) is 1. The molecular weight excluding hydrogens is 297 g/mol. The predicted octanol–water partition coefficient (Wildman–Crippen LogP) is 4.07. The Morgan fingerprint density at radius 3 is 2.50 bits per heavy atom. The van der Waals surface area contributed by atoms with E-state index in [-0.39, 0.29) is 11.9 Å². The van der Waals surface area contributed by atoms with Crippen molar-refractivity contribution in [2.45, 2.75) is 19.4 Å². The first-order chi connectivity index (χ1) is 8.69. The highest BCUT2D eigenvalue weighted by atomic mass is 79.9. The van der Waals surface area contributed by atoms with Gasteiger partial charge in [0, 0.05) is 0 Å². The minimum Gasteiger partial charge on any atom is -0.453 e. The fraction of sp³-hybridized carbons (Fsp3) is 0.286. The third-order valence-electron chi connectivity index (χ3n) is 2.74. The Bertz CT molecular complexity index is 495. The topological polar surface area (TPSA) is 25.2 Å². The van der Waals surface area contributed by atoms with Gasteiger partial charge in [-0.2, -0.15) is 0 Å². The van der Waals surface area contributed by atoms with Crippen LogP contribution in [0.2, 0.25) is 0 Å². The molecule has 1 aromatic heterocycles. The summed E-state index contributed by atoms with van der Waals surface area (Å²) in [5, 5.41) is 3.37. The number of hydrogen-bond acceptors (Lipinski definition) is 2. The van der Waals surface area contributed by atoms with Crippen molar-refractivity contribution in [2.24, 2.45) is 0 Å². The van der Waals surface area contributed by atoms with Crippen LogP contribution in [0.25, 0.3) is 0 Å². The maximum absolute atomic E-state index is 12.9. The summed E-state index contributed by atoms with van der Waals surface area (Å²) >= 11 is 3.30. The number of furan rings is 1. The van der Waals surface area contributed by atoms with Gasteiger partial charge >= 0.3 is 0 Å². The van der Waals surface area contributed by atoms with Crippen LogP contribution >= 0.6 is 15.9 Å². The summed E-state index contributed by atoms with van der Waals surface area (Å²) in [4.78, 5) is 0. The fourth-order valence-electron chi connectivity index (χ4n) is 1.89. The molecule has 1 atom stereocenters. The van der Waals surface area contributed by atoms with Gasteiger partial charge in [-0.05, 0) is 58.7 Å². The lowest BCUT2D eigenvalue weighted by Crippen LogP contribution is -2.22. The van der Waals surface area contributed by atoms with Gasteiger partial charge in [-0.25, -0.2) is 4.39 Å². The first-order valence-corrected chi connectivity index (χ1v) is 6.71. The van der Waals surface area contributed by atoms with Gasteiger partial charge in [-0.15, -0.1) is 0 Å². The molecule has 0 bridgehead atoms. The van der Waals surface area contributed by atoms with Crippen molar-refractivity contribution in [3.8, 4) is 0 Å². The average Bonchev–Trinajstić information content (AvgIpc) is 2.78. The average molecular weight is 312 g/mol. The van der Waals surface area contributed by atoms with Crippen molar-refractivity contribution >= 4 is 15.9 Å². The van der Waals surface area contributed by atoms with Gasteiger partial charge in [-0.1, -0.05) is 19.1 Å².